The first-order valence-corrected chi connectivity index (χ1v) is 9.53. The van der Waals surface area contributed by atoms with Gasteiger partial charge in [-0.15, -0.1) is 10.2 Å². The summed E-state index contributed by atoms with van der Waals surface area (Å²) in [5.41, 5.74) is 0.769. The Kier molecular flexibility index (Phi) is 5.41. The maximum absolute atomic E-state index is 11.6. The number of hydrogen-bond acceptors (Lipinski definition) is 8. The first-order valence-electron chi connectivity index (χ1n) is 8.54. The van der Waals surface area contributed by atoms with Gasteiger partial charge >= 0.3 is 5.63 Å². The lowest BCUT2D eigenvalue weighted by Gasteiger charge is -2.12. The van der Waals surface area contributed by atoms with Gasteiger partial charge in [0, 0.05) is 11.3 Å². The largest absolute Gasteiger partial charge is 0.490 e. The average molecular weight is 396 g/mol. The molecule has 2 heterocycles. The van der Waals surface area contributed by atoms with Crippen LogP contribution in [0.2, 0.25) is 0 Å². The Bertz CT molecular complexity index is 1130. The number of benzene rings is 2. The lowest BCUT2D eigenvalue weighted by Crippen LogP contribution is -2.20. The molecule has 0 aliphatic heterocycles. The average Bonchev–Trinajstić information content (AvgIpc) is 3.20. The zero-order valence-electron chi connectivity index (χ0n) is 14.6. The molecular formula is C20H16N2O5S. The molecule has 4 rings (SSSR count). The van der Waals surface area contributed by atoms with E-state index in [4.69, 9.17) is 13.6 Å². The van der Waals surface area contributed by atoms with Gasteiger partial charge in [0.15, 0.2) is 0 Å². The first-order chi connectivity index (χ1) is 13.7. The van der Waals surface area contributed by atoms with Crippen LogP contribution in [0.4, 0.5) is 0 Å². The smallest absolute Gasteiger partial charge is 0.339 e. The summed E-state index contributed by atoms with van der Waals surface area (Å²) < 4.78 is 16.3. The molecule has 8 heteroatoms. The van der Waals surface area contributed by atoms with E-state index >= 15 is 0 Å². The van der Waals surface area contributed by atoms with Crippen molar-refractivity contribution in [1.29, 1.82) is 0 Å². The van der Waals surface area contributed by atoms with Crippen LogP contribution in [0.5, 0.6) is 5.75 Å². The molecule has 0 amide bonds. The molecule has 1 N–H and O–H groups in total. The van der Waals surface area contributed by atoms with Gasteiger partial charge in [-0.05, 0) is 24.3 Å². The van der Waals surface area contributed by atoms with Crippen molar-refractivity contribution >= 4 is 22.7 Å². The maximum Gasteiger partial charge on any atom is 0.339 e. The molecule has 0 aliphatic rings. The lowest BCUT2D eigenvalue weighted by atomic mass is 10.2. The van der Waals surface area contributed by atoms with Crippen LogP contribution < -0.4 is 10.4 Å². The van der Waals surface area contributed by atoms with Crippen molar-refractivity contribution in [2.75, 3.05) is 12.4 Å². The minimum atomic E-state index is -0.789. The van der Waals surface area contributed by atoms with Crippen molar-refractivity contribution in [1.82, 2.24) is 10.2 Å². The number of aliphatic hydroxyl groups excluding tert-OH is 1. The van der Waals surface area contributed by atoms with E-state index < -0.39 is 11.7 Å². The zero-order valence-corrected chi connectivity index (χ0v) is 15.5. The Morgan fingerprint density at radius 1 is 1.04 bits per heavy atom. The number of fused-ring (bicyclic) bond motifs is 1. The molecule has 0 radical (unpaired) electrons. The second kappa shape index (κ2) is 8.28. The number of aromatic nitrogens is 2. The van der Waals surface area contributed by atoms with Crippen molar-refractivity contribution in [3.05, 3.63) is 71.1 Å². The summed E-state index contributed by atoms with van der Waals surface area (Å²) in [5.74, 6) is 1.10. The number of hydrogen-bond donors (Lipinski definition) is 1. The van der Waals surface area contributed by atoms with Crippen LogP contribution in [0.25, 0.3) is 22.4 Å². The third kappa shape index (κ3) is 4.24. The number of rotatable bonds is 7. The molecule has 2 aromatic heterocycles. The van der Waals surface area contributed by atoms with Gasteiger partial charge in [-0.1, -0.05) is 42.1 Å². The van der Waals surface area contributed by atoms with Gasteiger partial charge in [-0.2, -0.15) is 0 Å². The molecule has 0 aliphatic carbocycles. The van der Waals surface area contributed by atoms with Crippen LogP contribution >= 0.6 is 11.8 Å². The van der Waals surface area contributed by atoms with E-state index in [0.717, 1.165) is 5.56 Å². The molecule has 142 valence electrons. The maximum atomic E-state index is 11.6. The minimum absolute atomic E-state index is 0.0140. The van der Waals surface area contributed by atoms with E-state index in [1.165, 1.54) is 17.8 Å². The van der Waals surface area contributed by atoms with Gasteiger partial charge in [-0.3, -0.25) is 0 Å². The first kappa shape index (κ1) is 18.3. The zero-order chi connectivity index (χ0) is 19.3. The quantitative estimate of drug-likeness (QED) is 0.375. The molecule has 0 saturated carbocycles. The number of nitrogens with zero attached hydrogens (tertiary/aromatic N) is 2. The topological polar surface area (TPSA) is 98.6 Å². The summed E-state index contributed by atoms with van der Waals surface area (Å²) in [6.07, 6.45) is -0.789. The van der Waals surface area contributed by atoms with Crippen LogP contribution in [-0.2, 0) is 0 Å². The Balaban J connectivity index is 1.35. The second-order valence-electron chi connectivity index (χ2n) is 5.94. The fourth-order valence-electron chi connectivity index (χ4n) is 2.57. The molecule has 1 atom stereocenters. The van der Waals surface area contributed by atoms with E-state index in [9.17, 15) is 9.90 Å². The van der Waals surface area contributed by atoms with Crippen LogP contribution in [0.1, 0.15) is 0 Å². The highest BCUT2D eigenvalue weighted by atomic mass is 32.2. The van der Waals surface area contributed by atoms with Crippen LogP contribution in [0.15, 0.2) is 79.5 Å². The molecule has 0 bridgehead atoms. The Morgan fingerprint density at radius 3 is 2.68 bits per heavy atom. The van der Waals surface area contributed by atoms with Crippen LogP contribution in [0.3, 0.4) is 0 Å². The summed E-state index contributed by atoms with van der Waals surface area (Å²) in [6.45, 7) is 0.0140. The van der Waals surface area contributed by atoms with Crippen LogP contribution in [0, 0.1) is 0 Å². The molecule has 0 fully saturated rings. The van der Waals surface area contributed by atoms with Gasteiger partial charge in [0.2, 0.25) is 5.89 Å². The number of ether oxygens (including phenoxy) is 1. The lowest BCUT2D eigenvalue weighted by molar-refractivity contribution is 0.127. The van der Waals surface area contributed by atoms with Gasteiger partial charge in [0.1, 0.15) is 17.9 Å². The predicted molar refractivity (Wildman–Crippen MR) is 104 cm³/mol. The summed E-state index contributed by atoms with van der Waals surface area (Å²) in [7, 11) is 0. The summed E-state index contributed by atoms with van der Waals surface area (Å²) >= 11 is 1.24. The molecule has 0 saturated heterocycles. The van der Waals surface area contributed by atoms with Crippen molar-refractivity contribution in [3.63, 3.8) is 0 Å². The highest BCUT2D eigenvalue weighted by Crippen LogP contribution is 2.25. The number of aliphatic hydroxyl groups is 1. The molecule has 0 spiro atoms. The number of para-hydroxylation sites is 1. The normalized spacial score (nSPS) is 12.2. The Morgan fingerprint density at radius 2 is 1.82 bits per heavy atom. The van der Waals surface area contributed by atoms with Crippen molar-refractivity contribution < 1.29 is 18.7 Å². The third-order valence-electron chi connectivity index (χ3n) is 3.87. The summed E-state index contributed by atoms with van der Waals surface area (Å²) in [6, 6.07) is 17.8. The van der Waals surface area contributed by atoms with Gasteiger partial charge in [0.05, 0.1) is 17.6 Å². The molecule has 28 heavy (non-hydrogen) atoms. The highest BCUT2D eigenvalue weighted by molar-refractivity contribution is 7.99. The third-order valence-corrected chi connectivity index (χ3v) is 4.83. The monoisotopic (exact) mass is 396 g/mol. The molecule has 7 nitrogen and oxygen atoms in total. The Labute approximate surface area is 164 Å². The number of thioether (sulfide) groups is 1. The van der Waals surface area contributed by atoms with Crippen molar-refractivity contribution in [3.8, 4) is 17.2 Å². The minimum Gasteiger partial charge on any atom is -0.490 e. The molecular weight excluding hydrogens is 380 g/mol. The van der Waals surface area contributed by atoms with Gasteiger partial charge in [0.25, 0.3) is 5.22 Å². The highest BCUT2D eigenvalue weighted by Gasteiger charge is 2.13. The van der Waals surface area contributed by atoms with E-state index in [0.29, 0.717) is 33.6 Å². The SMILES string of the molecule is O=c1cc(OCC(O)CSc2nnc(-c3ccccc3)o2)c2ccccc2o1. The molecule has 1 unspecified atom stereocenters. The van der Waals surface area contributed by atoms with E-state index in [1.54, 1.807) is 18.2 Å². The van der Waals surface area contributed by atoms with Gasteiger partial charge in [-0.25, -0.2) is 4.79 Å². The van der Waals surface area contributed by atoms with Crippen molar-refractivity contribution in [2.45, 2.75) is 11.3 Å². The van der Waals surface area contributed by atoms with Crippen molar-refractivity contribution in [2.24, 2.45) is 0 Å². The second-order valence-corrected chi connectivity index (χ2v) is 6.91. The fourth-order valence-corrected chi connectivity index (χ4v) is 3.24. The predicted octanol–water partition coefficient (Wildman–Crippen LogP) is 3.38. The van der Waals surface area contributed by atoms with E-state index in [-0.39, 0.29) is 6.61 Å². The summed E-state index contributed by atoms with van der Waals surface area (Å²) in [5, 5.41) is 19.2. The van der Waals surface area contributed by atoms with E-state index in [2.05, 4.69) is 10.2 Å². The standard InChI is InChI=1S/C20H16N2O5S/c23-14(11-25-17-10-18(24)26-16-9-5-4-8-15(16)17)12-28-20-22-21-19(27-20)13-6-2-1-3-7-13/h1-10,14,23H,11-12H2. The van der Waals surface area contributed by atoms with Crippen LogP contribution in [-0.4, -0.2) is 33.8 Å². The van der Waals surface area contributed by atoms with E-state index in [1.807, 2.05) is 36.4 Å². The molecule has 2 aromatic carbocycles. The van der Waals surface area contributed by atoms with Gasteiger partial charge < -0.3 is 18.7 Å². The fraction of sp³-hybridized carbons (Fsp3) is 0.150. The summed E-state index contributed by atoms with van der Waals surface area (Å²) in [4.78, 5) is 11.6. The Hall–Kier alpha value is -3.10. The molecule has 4 aromatic rings.